The number of nitrogens with zero attached hydrogens (tertiary/aromatic N) is 1. The fraction of sp³-hybridized carbons (Fsp3) is 0.231. The third-order valence-corrected chi connectivity index (χ3v) is 3.55. The normalized spacial score (nSPS) is 10.6. The molecule has 0 unspecified atom stereocenters. The van der Waals surface area contributed by atoms with Crippen LogP contribution in [0.4, 0.5) is 10.1 Å². The van der Waals surface area contributed by atoms with Gasteiger partial charge < -0.3 is 5.32 Å². The topological polar surface area (TPSA) is 55.2 Å². The van der Waals surface area contributed by atoms with Crippen molar-refractivity contribution in [3.63, 3.8) is 0 Å². The molecule has 19 heavy (non-hydrogen) atoms. The Morgan fingerprint density at radius 3 is 2.89 bits per heavy atom. The molecule has 1 N–H and O–H groups in total. The van der Waals surface area contributed by atoms with Gasteiger partial charge in [-0.3, -0.25) is 10.1 Å². The van der Waals surface area contributed by atoms with Crippen molar-refractivity contribution in [1.82, 2.24) is 5.32 Å². The molecule has 1 aromatic heterocycles. The van der Waals surface area contributed by atoms with E-state index in [-0.39, 0.29) is 5.69 Å². The molecule has 0 saturated carbocycles. The van der Waals surface area contributed by atoms with Crippen LogP contribution in [0.2, 0.25) is 0 Å². The summed E-state index contributed by atoms with van der Waals surface area (Å²) in [5.74, 6) is -0.579. The van der Waals surface area contributed by atoms with E-state index in [0.29, 0.717) is 12.1 Å². The monoisotopic (exact) mass is 280 g/mol. The predicted molar refractivity (Wildman–Crippen MR) is 72.8 cm³/mol. The molecule has 0 saturated heterocycles. The van der Waals surface area contributed by atoms with Gasteiger partial charge >= 0.3 is 0 Å². The SMILES string of the molecule is O=[N+]([O-])c1cc(F)cc(CNCCc2cccs2)c1. The lowest BCUT2D eigenvalue weighted by Crippen LogP contribution is -2.16. The average molecular weight is 280 g/mol. The number of hydrogen-bond donors (Lipinski definition) is 1. The second-order valence-corrected chi connectivity index (χ2v) is 5.11. The number of rotatable bonds is 6. The van der Waals surface area contributed by atoms with Gasteiger partial charge in [0, 0.05) is 24.0 Å². The molecule has 0 aliphatic carbocycles. The Morgan fingerprint density at radius 1 is 1.37 bits per heavy atom. The maximum atomic E-state index is 13.2. The molecular weight excluding hydrogens is 267 g/mol. The molecule has 6 heteroatoms. The molecule has 0 atom stereocenters. The van der Waals surface area contributed by atoms with Crippen molar-refractivity contribution in [3.8, 4) is 0 Å². The van der Waals surface area contributed by atoms with Crippen LogP contribution in [0.5, 0.6) is 0 Å². The van der Waals surface area contributed by atoms with Crippen molar-refractivity contribution < 1.29 is 9.31 Å². The molecule has 1 heterocycles. The summed E-state index contributed by atoms with van der Waals surface area (Å²) in [7, 11) is 0. The van der Waals surface area contributed by atoms with Crippen LogP contribution in [0.3, 0.4) is 0 Å². The summed E-state index contributed by atoms with van der Waals surface area (Å²) in [4.78, 5) is 11.3. The summed E-state index contributed by atoms with van der Waals surface area (Å²) in [6, 6.07) is 7.68. The minimum Gasteiger partial charge on any atom is -0.312 e. The number of nitro benzene ring substituents is 1. The first-order valence-corrected chi connectivity index (χ1v) is 6.70. The molecule has 2 aromatic rings. The van der Waals surface area contributed by atoms with Gasteiger partial charge in [0.05, 0.1) is 11.0 Å². The van der Waals surface area contributed by atoms with E-state index in [9.17, 15) is 14.5 Å². The van der Waals surface area contributed by atoms with Gasteiger partial charge in [0.25, 0.3) is 5.69 Å². The van der Waals surface area contributed by atoms with Crippen LogP contribution in [0.1, 0.15) is 10.4 Å². The van der Waals surface area contributed by atoms with Crippen molar-refractivity contribution in [3.05, 3.63) is 62.1 Å². The largest absolute Gasteiger partial charge is 0.312 e. The number of nitrogens with one attached hydrogen (secondary N) is 1. The molecule has 0 radical (unpaired) electrons. The van der Waals surface area contributed by atoms with E-state index in [1.807, 2.05) is 11.4 Å². The lowest BCUT2D eigenvalue weighted by molar-refractivity contribution is -0.385. The lowest BCUT2D eigenvalue weighted by atomic mass is 10.2. The Labute approximate surface area is 114 Å². The van der Waals surface area contributed by atoms with Gasteiger partial charge in [-0.15, -0.1) is 11.3 Å². The van der Waals surface area contributed by atoms with Crippen LogP contribution < -0.4 is 5.32 Å². The van der Waals surface area contributed by atoms with Crippen LogP contribution in [-0.4, -0.2) is 11.5 Å². The summed E-state index contributed by atoms with van der Waals surface area (Å²) in [5, 5.41) is 15.8. The number of nitro groups is 1. The highest BCUT2D eigenvalue weighted by Gasteiger charge is 2.09. The van der Waals surface area contributed by atoms with Gasteiger partial charge in [-0.05, 0) is 29.5 Å². The number of thiophene rings is 1. The van der Waals surface area contributed by atoms with Crippen molar-refractivity contribution in [2.45, 2.75) is 13.0 Å². The van der Waals surface area contributed by atoms with Gasteiger partial charge in [-0.1, -0.05) is 6.07 Å². The molecule has 0 aliphatic rings. The van der Waals surface area contributed by atoms with E-state index in [2.05, 4.69) is 11.4 Å². The Hall–Kier alpha value is -1.79. The van der Waals surface area contributed by atoms with E-state index in [0.717, 1.165) is 19.0 Å². The highest BCUT2D eigenvalue weighted by atomic mass is 32.1. The smallest absolute Gasteiger partial charge is 0.272 e. The van der Waals surface area contributed by atoms with E-state index in [1.165, 1.54) is 17.0 Å². The number of hydrogen-bond acceptors (Lipinski definition) is 4. The average Bonchev–Trinajstić information content (AvgIpc) is 2.87. The molecule has 0 amide bonds. The third-order valence-electron chi connectivity index (χ3n) is 2.61. The van der Waals surface area contributed by atoms with Crippen LogP contribution in [-0.2, 0) is 13.0 Å². The van der Waals surface area contributed by atoms with Gasteiger partial charge in [0.15, 0.2) is 0 Å². The van der Waals surface area contributed by atoms with Crippen LogP contribution in [0.15, 0.2) is 35.7 Å². The van der Waals surface area contributed by atoms with Crippen molar-refractivity contribution >= 4 is 17.0 Å². The molecule has 0 fully saturated rings. The van der Waals surface area contributed by atoms with E-state index in [4.69, 9.17) is 0 Å². The summed E-state index contributed by atoms with van der Waals surface area (Å²) in [6.07, 6.45) is 0.898. The first-order chi connectivity index (χ1) is 9.15. The Morgan fingerprint density at radius 2 is 2.21 bits per heavy atom. The Kier molecular flexibility index (Phi) is 4.59. The lowest BCUT2D eigenvalue weighted by Gasteiger charge is -2.04. The maximum Gasteiger partial charge on any atom is 0.272 e. The van der Waals surface area contributed by atoms with Crippen molar-refractivity contribution in [2.75, 3.05) is 6.54 Å². The standard InChI is InChI=1S/C13H13FN2O2S/c14-11-6-10(7-12(8-11)16(17)18)9-15-4-3-13-2-1-5-19-13/h1-2,5-8,15H,3-4,9H2. The van der Waals surface area contributed by atoms with Gasteiger partial charge in [-0.2, -0.15) is 0 Å². The molecule has 0 aliphatic heterocycles. The molecule has 2 rings (SSSR count). The zero-order chi connectivity index (χ0) is 13.7. The zero-order valence-electron chi connectivity index (χ0n) is 10.1. The summed E-state index contributed by atoms with van der Waals surface area (Å²) in [6.45, 7) is 1.18. The van der Waals surface area contributed by atoms with Crippen LogP contribution in [0, 0.1) is 15.9 Å². The first-order valence-electron chi connectivity index (χ1n) is 5.82. The maximum absolute atomic E-state index is 13.2. The second kappa shape index (κ2) is 6.40. The minimum absolute atomic E-state index is 0.213. The summed E-state index contributed by atoms with van der Waals surface area (Å²) >= 11 is 1.69. The van der Waals surface area contributed by atoms with Gasteiger partial charge in [0.1, 0.15) is 5.82 Å². The fourth-order valence-electron chi connectivity index (χ4n) is 1.74. The first kappa shape index (κ1) is 13.6. The summed E-state index contributed by atoms with van der Waals surface area (Å²) < 4.78 is 13.2. The van der Waals surface area contributed by atoms with E-state index < -0.39 is 10.7 Å². The predicted octanol–water partition coefficient (Wildman–Crippen LogP) is 3.13. The Balaban J connectivity index is 1.87. The van der Waals surface area contributed by atoms with Crippen molar-refractivity contribution in [1.29, 1.82) is 0 Å². The molecular formula is C13H13FN2O2S. The highest BCUT2D eigenvalue weighted by molar-refractivity contribution is 7.09. The zero-order valence-corrected chi connectivity index (χ0v) is 11.0. The molecule has 4 nitrogen and oxygen atoms in total. The van der Waals surface area contributed by atoms with Gasteiger partial charge in [-0.25, -0.2) is 4.39 Å². The number of halogens is 1. The second-order valence-electron chi connectivity index (χ2n) is 4.08. The third kappa shape index (κ3) is 4.11. The number of non-ortho nitro benzene ring substituents is 1. The minimum atomic E-state index is -0.585. The Bertz CT molecular complexity index is 558. The molecule has 1 aromatic carbocycles. The molecule has 0 spiro atoms. The quantitative estimate of drug-likeness (QED) is 0.502. The number of benzene rings is 1. The van der Waals surface area contributed by atoms with Gasteiger partial charge in [0.2, 0.25) is 0 Å². The molecule has 0 bridgehead atoms. The van der Waals surface area contributed by atoms with E-state index >= 15 is 0 Å². The fourth-order valence-corrected chi connectivity index (χ4v) is 2.45. The van der Waals surface area contributed by atoms with E-state index in [1.54, 1.807) is 11.3 Å². The summed E-state index contributed by atoms with van der Waals surface area (Å²) in [5.41, 5.74) is 0.368. The van der Waals surface area contributed by atoms with Crippen LogP contribution in [0.25, 0.3) is 0 Å². The highest BCUT2D eigenvalue weighted by Crippen LogP contribution is 2.16. The molecule has 100 valence electrons. The van der Waals surface area contributed by atoms with Crippen LogP contribution >= 0.6 is 11.3 Å². The van der Waals surface area contributed by atoms with Crippen molar-refractivity contribution in [2.24, 2.45) is 0 Å².